The molecule has 6 heteroatoms. The van der Waals surface area contributed by atoms with Crippen LogP contribution in [0.5, 0.6) is 11.6 Å². The Morgan fingerprint density at radius 3 is 2.57 bits per heavy atom. The fourth-order valence-electron chi connectivity index (χ4n) is 4.48. The van der Waals surface area contributed by atoms with Crippen molar-refractivity contribution >= 4 is 11.7 Å². The second kappa shape index (κ2) is 9.45. The maximum atomic E-state index is 12.9. The Morgan fingerprint density at radius 1 is 1.10 bits per heavy atom. The molecule has 160 valence electrons. The minimum atomic E-state index is 0.140. The van der Waals surface area contributed by atoms with Crippen LogP contribution in [0.2, 0.25) is 0 Å². The Kier molecular flexibility index (Phi) is 6.50. The summed E-state index contributed by atoms with van der Waals surface area (Å²) in [4.78, 5) is 25.9. The van der Waals surface area contributed by atoms with Crippen LogP contribution in [0.15, 0.2) is 36.7 Å². The Bertz CT molecular complexity index is 847. The van der Waals surface area contributed by atoms with Crippen molar-refractivity contribution in [2.75, 3.05) is 31.1 Å². The predicted molar refractivity (Wildman–Crippen MR) is 118 cm³/mol. The minimum absolute atomic E-state index is 0.140. The van der Waals surface area contributed by atoms with Crippen molar-refractivity contribution in [2.45, 2.75) is 46.0 Å². The van der Waals surface area contributed by atoms with E-state index in [1.807, 2.05) is 18.2 Å². The van der Waals surface area contributed by atoms with Crippen molar-refractivity contribution in [3.63, 3.8) is 0 Å². The third kappa shape index (κ3) is 4.91. The van der Waals surface area contributed by atoms with E-state index < -0.39 is 0 Å². The summed E-state index contributed by atoms with van der Waals surface area (Å²) in [6.45, 7) is 7.90. The van der Waals surface area contributed by atoms with E-state index in [1.165, 1.54) is 12.0 Å². The van der Waals surface area contributed by atoms with Crippen molar-refractivity contribution in [1.29, 1.82) is 0 Å². The Hall–Kier alpha value is -2.63. The van der Waals surface area contributed by atoms with Gasteiger partial charge in [0.1, 0.15) is 17.9 Å². The number of carbonyl (C=O) groups is 1. The van der Waals surface area contributed by atoms with Gasteiger partial charge in [0.25, 0.3) is 0 Å². The van der Waals surface area contributed by atoms with Crippen molar-refractivity contribution in [2.24, 2.45) is 11.8 Å². The normalized spacial score (nSPS) is 20.3. The van der Waals surface area contributed by atoms with E-state index >= 15 is 0 Å². The van der Waals surface area contributed by atoms with Gasteiger partial charge in [0.15, 0.2) is 0 Å². The molecule has 0 radical (unpaired) electrons. The van der Waals surface area contributed by atoms with E-state index in [2.05, 4.69) is 45.7 Å². The molecule has 0 N–H and O–H groups in total. The summed E-state index contributed by atoms with van der Waals surface area (Å²) in [6, 6.07) is 9.98. The van der Waals surface area contributed by atoms with Gasteiger partial charge in [-0.3, -0.25) is 4.79 Å². The van der Waals surface area contributed by atoms with Gasteiger partial charge in [-0.2, -0.15) is 0 Å². The van der Waals surface area contributed by atoms with Gasteiger partial charge in [0, 0.05) is 38.2 Å². The molecule has 2 aromatic rings. The number of hydrogen-bond acceptors (Lipinski definition) is 5. The summed E-state index contributed by atoms with van der Waals surface area (Å²) in [5.41, 5.74) is 1.28. The highest BCUT2D eigenvalue weighted by Gasteiger charge is 2.31. The zero-order valence-electron chi connectivity index (χ0n) is 18.1. The van der Waals surface area contributed by atoms with Gasteiger partial charge in [-0.1, -0.05) is 26.0 Å². The standard InChI is InChI=1S/C24H32N4O2/c1-3-19-6-8-21(9-7-19)30-23-15-22(25-17-26-23)27-13-10-20(11-14-27)24(29)28-12-4-5-18(2)16-28/h6-9,15,17-18,20H,3-5,10-14,16H2,1-2H3. The van der Waals surface area contributed by atoms with Crippen molar-refractivity contribution in [1.82, 2.24) is 14.9 Å². The van der Waals surface area contributed by atoms with Crippen molar-refractivity contribution in [3.8, 4) is 11.6 Å². The lowest BCUT2D eigenvalue weighted by molar-refractivity contribution is -0.137. The van der Waals surface area contributed by atoms with Crippen LogP contribution in [0.3, 0.4) is 0 Å². The fourth-order valence-corrected chi connectivity index (χ4v) is 4.48. The third-order valence-corrected chi connectivity index (χ3v) is 6.32. The molecular weight excluding hydrogens is 376 g/mol. The molecule has 2 saturated heterocycles. The van der Waals surface area contributed by atoms with Crippen LogP contribution in [-0.2, 0) is 11.2 Å². The van der Waals surface area contributed by atoms with Gasteiger partial charge < -0.3 is 14.5 Å². The van der Waals surface area contributed by atoms with Gasteiger partial charge in [-0.15, -0.1) is 0 Å². The lowest BCUT2D eigenvalue weighted by Gasteiger charge is -2.37. The van der Waals surface area contributed by atoms with Gasteiger partial charge in [-0.05, 0) is 55.7 Å². The number of benzene rings is 1. The van der Waals surface area contributed by atoms with Crippen LogP contribution in [0.25, 0.3) is 0 Å². The number of aryl methyl sites for hydroxylation is 1. The van der Waals surface area contributed by atoms with Crippen molar-refractivity contribution < 1.29 is 9.53 Å². The van der Waals surface area contributed by atoms with Crippen LogP contribution in [0, 0.1) is 11.8 Å². The van der Waals surface area contributed by atoms with Crippen LogP contribution >= 0.6 is 0 Å². The molecule has 1 unspecified atom stereocenters. The molecule has 4 rings (SSSR count). The molecule has 0 bridgehead atoms. The Labute approximate surface area is 179 Å². The molecule has 2 aliphatic rings. The second-order valence-corrected chi connectivity index (χ2v) is 8.61. The smallest absolute Gasteiger partial charge is 0.225 e. The average Bonchev–Trinajstić information content (AvgIpc) is 2.79. The third-order valence-electron chi connectivity index (χ3n) is 6.32. The molecule has 0 spiro atoms. The Balaban J connectivity index is 1.34. The number of aromatic nitrogens is 2. The quantitative estimate of drug-likeness (QED) is 0.738. The average molecular weight is 409 g/mol. The highest BCUT2D eigenvalue weighted by molar-refractivity contribution is 5.79. The van der Waals surface area contributed by atoms with E-state index in [0.29, 0.717) is 17.7 Å². The first-order valence-electron chi connectivity index (χ1n) is 11.2. The van der Waals surface area contributed by atoms with Crippen LogP contribution in [-0.4, -0.2) is 47.0 Å². The Morgan fingerprint density at radius 2 is 1.87 bits per heavy atom. The second-order valence-electron chi connectivity index (χ2n) is 8.61. The predicted octanol–water partition coefficient (Wildman–Crippen LogP) is 4.31. The first-order chi connectivity index (χ1) is 14.6. The highest BCUT2D eigenvalue weighted by atomic mass is 16.5. The number of hydrogen-bond donors (Lipinski definition) is 0. The summed E-state index contributed by atoms with van der Waals surface area (Å²) in [5.74, 6) is 3.30. The van der Waals surface area contributed by atoms with E-state index in [4.69, 9.17) is 4.74 Å². The molecule has 6 nitrogen and oxygen atoms in total. The van der Waals surface area contributed by atoms with E-state index in [9.17, 15) is 4.79 Å². The number of amides is 1. The van der Waals surface area contributed by atoms with Gasteiger partial charge >= 0.3 is 0 Å². The van der Waals surface area contributed by atoms with Gasteiger partial charge in [0.05, 0.1) is 0 Å². The van der Waals surface area contributed by atoms with Crippen LogP contribution < -0.4 is 9.64 Å². The first-order valence-corrected chi connectivity index (χ1v) is 11.2. The molecule has 30 heavy (non-hydrogen) atoms. The number of piperidine rings is 2. The lowest BCUT2D eigenvalue weighted by Crippen LogP contribution is -2.46. The molecule has 1 atom stereocenters. The molecule has 0 saturated carbocycles. The van der Waals surface area contributed by atoms with Crippen LogP contribution in [0.1, 0.15) is 45.1 Å². The van der Waals surface area contributed by atoms with Crippen molar-refractivity contribution in [3.05, 3.63) is 42.2 Å². The number of anilines is 1. The van der Waals surface area contributed by atoms with E-state index in [0.717, 1.165) is 63.4 Å². The molecule has 2 fully saturated rings. The molecule has 1 aromatic heterocycles. The summed E-state index contributed by atoms with van der Waals surface area (Å²) in [7, 11) is 0. The molecule has 0 aliphatic carbocycles. The fraction of sp³-hybridized carbons (Fsp3) is 0.542. The molecule has 2 aliphatic heterocycles. The van der Waals surface area contributed by atoms with Crippen LogP contribution in [0.4, 0.5) is 5.82 Å². The monoisotopic (exact) mass is 408 g/mol. The summed E-state index contributed by atoms with van der Waals surface area (Å²) >= 11 is 0. The number of nitrogens with zero attached hydrogens (tertiary/aromatic N) is 4. The maximum Gasteiger partial charge on any atom is 0.225 e. The van der Waals surface area contributed by atoms with E-state index in [-0.39, 0.29) is 5.92 Å². The molecule has 1 aromatic carbocycles. The number of ether oxygens (including phenoxy) is 1. The zero-order valence-corrected chi connectivity index (χ0v) is 18.1. The summed E-state index contributed by atoms with van der Waals surface area (Å²) in [6.07, 6.45) is 6.69. The summed E-state index contributed by atoms with van der Waals surface area (Å²) < 4.78 is 5.92. The van der Waals surface area contributed by atoms with Gasteiger partial charge in [0.2, 0.25) is 11.8 Å². The van der Waals surface area contributed by atoms with Gasteiger partial charge in [-0.25, -0.2) is 9.97 Å². The number of likely N-dealkylation sites (tertiary alicyclic amines) is 1. The zero-order chi connectivity index (χ0) is 20.9. The molecule has 1 amide bonds. The first kappa shape index (κ1) is 20.6. The largest absolute Gasteiger partial charge is 0.439 e. The maximum absolute atomic E-state index is 12.9. The molecular formula is C24H32N4O2. The number of carbonyl (C=O) groups excluding carboxylic acids is 1. The summed E-state index contributed by atoms with van der Waals surface area (Å²) in [5, 5.41) is 0. The molecule has 3 heterocycles. The number of rotatable bonds is 5. The topological polar surface area (TPSA) is 58.6 Å². The lowest BCUT2D eigenvalue weighted by atomic mass is 9.93. The SMILES string of the molecule is CCc1ccc(Oc2cc(N3CCC(C(=O)N4CCCC(C)C4)CC3)ncn2)cc1. The highest BCUT2D eigenvalue weighted by Crippen LogP contribution is 2.28. The van der Waals surface area contributed by atoms with E-state index in [1.54, 1.807) is 6.33 Å². The minimum Gasteiger partial charge on any atom is -0.439 e.